The van der Waals surface area contributed by atoms with Gasteiger partial charge in [-0.1, -0.05) is 36.4 Å². The Morgan fingerprint density at radius 3 is 2.48 bits per heavy atom. The molecule has 110 valence electrons. The molecule has 0 aliphatic carbocycles. The molecule has 21 heavy (non-hydrogen) atoms. The highest BCUT2D eigenvalue weighted by Crippen LogP contribution is 2.24. The summed E-state index contributed by atoms with van der Waals surface area (Å²) in [5, 5.41) is 7.11. The summed E-state index contributed by atoms with van der Waals surface area (Å²) in [7, 11) is 1.68. The van der Waals surface area contributed by atoms with Crippen molar-refractivity contribution in [2.24, 2.45) is 0 Å². The zero-order valence-electron chi connectivity index (χ0n) is 12.5. The van der Waals surface area contributed by atoms with Gasteiger partial charge in [0.1, 0.15) is 5.75 Å². The number of methoxy groups -OCH3 is 1. The second-order valence-electron chi connectivity index (χ2n) is 4.88. The monoisotopic (exact) mass is 300 g/mol. The van der Waals surface area contributed by atoms with Gasteiger partial charge in [0, 0.05) is 11.3 Å². The zero-order valence-corrected chi connectivity index (χ0v) is 13.3. The molecule has 4 heteroatoms. The van der Waals surface area contributed by atoms with Gasteiger partial charge in [0.05, 0.1) is 13.2 Å². The molecule has 0 aliphatic heterocycles. The Morgan fingerprint density at radius 1 is 1.10 bits per heavy atom. The number of rotatable bonds is 4. The second-order valence-corrected chi connectivity index (χ2v) is 5.29. The van der Waals surface area contributed by atoms with Crippen LogP contribution in [0.3, 0.4) is 0 Å². The Bertz CT molecular complexity index is 628. The highest BCUT2D eigenvalue weighted by atomic mass is 32.1. The molecule has 0 bridgehead atoms. The summed E-state index contributed by atoms with van der Waals surface area (Å²) in [6.07, 6.45) is 0. The van der Waals surface area contributed by atoms with E-state index in [0.29, 0.717) is 5.11 Å². The number of benzene rings is 2. The van der Waals surface area contributed by atoms with Gasteiger partial charge in [-0.25, -0.2) is 0 Å². The molecule has 0 amide bonds. The smallest absolute Gasteiger partial charge is 0.171 e. The van der Waals surface area contributed by atoms with Crippen LogP contribution in [0.2, 0.25) is 0 Å². The minimum atomic E-state index is 0.0603. The SMILES string of the molecule is COc1ccccc1C(C)NC(=S)Nc1ccccc1C. The number of nitrogens with one attached hydrogen (secondary N) is 2. The maximum Gasteiger partial charge on any atom is 0.171 e. The third kappa shape index (κ3) is 3.95. The number of aryl methyl sites for hydroxylation is 1. The van der Waals surface area contributed by atoms with Crippen molar-refractivity contribution in [2.75, 3.05) is 12.4 Å². The van der Waals surface area contributed by atoms with Crippen LogP contribution in [0, 0.1) is 6.92 Å². The molecule has 2 aromatic carbocycles. The van der Waals surface area contributed by atoms with Gasteiger partial charge in [0.2, 0.25) is 0 Å². The Labute approximate surface area is 131 Å². The van der Waals surface area contributed by atoms with E-state index in [1.165, 1.54) is 0 Å². The van der Waals surface area contributed by atoms with E-state index in [-0.39, 0.29) is 6.04 Å². The van der Waals surface area contributed by atoms with Gasteiger partial charge in [-0.15, -0.1) is 0 Å². The van der Waals surface area contributed by atoms with Gasteiger partial charge in [0.15, 0.2) is 5.11 Å². The summed E-state index contributed by atoms with van der Waals surface area (Å²) >= 11 is 5.39. The molecule has 0 saturated carbocycles. The Morgan fingerprint density at radius 2 is 1.76 bits per heavy atom. The average molecular weight is 300 g/mol. The molecule has 0 saturated heterocycles. The third-order valence-corrected chi connectivity index (χ3v) is 3.57. The van der Waals surface area contributed by atoms with Gasteiger partial charge in [-0.05, 0) is 43.8 Å². The molecule has 2 N–H and O–H groups in total. The number of para-hydroxylation sites is 2. The lowest BCUT2D eigenvalue weighted by Gasteiger charge is -2.20. The van der Waals surface area contributed by atoms with Crippen LogP contribution in [0.1, 0.15) is 24.1 Å². The molecule has 2 aromatic rings. The van der Waals surface area contributed by atoms with E-state index in [4.69, 9.17) is 17.0 Å². The zero-order chi connectivity index (χ0) is 15.2. The van der Waals surface area contributed by atoms with Crippen LogP contribution < -0.4 is 15.4 Å². The van der Waals surface area contributed by atoms with Crippen LogP contribution in [0.4, 0.5) is 5.69 Å². The first kappa shape index (κ1) is 15.3. The molecule has 0 fully saturated rings. The van der Waals surface area contributed by atoms with Crippen LogP contribution in [-0.4, -0.2) is 12.2 Å². The fourth-order valence-electron chi connectivity index (χ4n) is 2.17. The molecule has 0 radical (unpaired) electrons. The summed E-state index contributed by atoms with van der Waals surface area (Å²) in [4.78, 5) is 0. The van der Waals surface area contributed by atoms with Crippen molar-refractivity contribution in [2.45, 2.75) is 19.9 Å². The van der Waals surface area contributed by atoms with Gasteiger partial charge >= 0.3 is 0 Å². The summed E-state index contributed by atoms with van der Waals surface area (Å²) in [6, 6.07) is 16.1. The lowest BCUT2D eigenvalue weighted by molar-refractivity contribution is 0.405. The molecule has 1 unspecified atom stereocenters. The largest absolute Gasteiger partial charge is 0.496 e. The maximum absolute atomic E-state index is 5.39. The molecule has 0 spiro atoms. The van der Waals surface area contributed by atoms with Crippen molar-refractivity contribution in [1.29, 1.82) is 0 Å². The molecule has 2 rings (SSSR count). The van der Waals surface area contributed by atoms with Gasteiger partial charge in [0.25, 0.3) is 0 Å². The predicted molar refractivity (Wildman–Crippen MR) is 91.9 cm³/mol. The highest BCUT2D eigenvalue weighted by Gasteiger charge is 2.12. The minimum absolute atomic E-state index is 0.0603. The molecule has 3 nitrogen and oxygen atoms in total. The number of hydrogen-bond donors (Lipinski definition) is 2. The highest BCUT2D eigenvalue weighted by molar-refractivity contribution is 7.80. The number of ether oxygens (including phenoxy) is 1. The lowest BCUT2D eigenvalue weighted by atomic mass is 10.1. The molecule has 0 heterocycles. The summed E-state index contributed by atoms with van der Waals surface area (Å²) in [5.74, 6) is 0.858. The van der Waals surface area contributed by atoms with Crippen molar-refractivity contribution >= 4 is 23.0 Å². The van der Waals surface area contributed by atoms with Gasteiger partial charge in [-0.2, -0.15) is 0 Å². The fourth-order valence-corrected chi connectivity index (χ4v) is 2.46. The number of anilines is 1. The van der Waals surface area contributed by atoms with E-state index in [2.05, 4.69) is 30.5 Å². The molecule has 0 aliphatic rings. The summed E-state index contributed by atoms with van der Waals surface area (Å²) in [6.45, 7) is 4.11. The molecule has 0 aromatic heterocycles. The lowest BCUT2D eigenvalue weighted by Crippen LogP contribution is -2.31. The van der Waals surface area contributed by atoms with Crippen molar-refractivity contribution in [1.82, 2.24) is 5.32 Å². The molecular weight excluding hydrogens is 280 g/mol. The topological polar surface area (TPSA) is 33.3 Å². The quantitative estimate of drug-likeness (QED) is 0.835. The van der Waals surface area contributed by atoms with Crippen LogP contribution >= 0.6 is 12.2 Å². The normalized spacial score (nSPS) is 11.6. The summed E-state index contributed by atoms with van der Waals surface area (Å²) < 4.78 is 5.38. The van der Waals surface area contributed by atoms with E-state index >= 15 is 0 Å². The minimum Gasteiger partial charge on any atom is -0.496 e. The first-order valence-electron chi connectivity index (χ1n) is 6.88. The van der Waals surface area contributed by atoms with Crippen molar-refractivity contribution < 1.29 is 4.74 Å². The predicted octanol–water partition coefficient (Wildman–Crippen LogP) is 4.05. The van der Waals surface area contributed by atoms with Crippen LogP contribution in [0.5, 0.6) is 5.75 Å². The van der Waals surface area contributed by atoms with Crippen LogP contribution in [0.25, 0.3) is 0 Å². The fraction of sp³-hybridized carbons (Fsp3) is 0.235. The molecule has 1 atom stereocenters. The maximum atomic E-state index is 5.39. The van der Waals surface area contributed by atoms with E-state index in [9.17, 15) is 0 Å². The van der Waals surface area contributed by atoms with Crippen LogP contribution in [-0.2, 0) is 0 Å². The Hall–Kier alpha value is -2.07. The van der Waals surface area contributed by atoms with Gasteiger partial charge in [-0.3, -0.25) is 0 Å². The third-order valence-electron chi connectivity index (χ3n) is 3.35. The van der Waals surface area contributed by atoms with Crippen molar-refractivity contribution in [3.8, 4) is 5.75 Å². The Kier molecular flexibility index (Phi) is 5.17. The number of hydrogen-bond acceptors (Lipinski definition) is 2. The average Bonchev–Trinajstić information content (AvgIpc) is 2.49. The van der Waals surface area contributed by atoms with E-state index < -0.39 is 0 Å². The molecular formula is C17H20N2OS. The first-order valence-corrected chi connectivity index (χ1v) is 7.28. The van der Waals surface area contributed by atoms with Gasteiger partial charge < -0.3 is 15.4 Å². The standard InChI is InChI=1S/C17H20N2OS/c1-12-8-4-6-10-15(12)19-17(21)18-13(2)14-9-5-7-11-16(14)20-3/h4-11,13H,1-3H3,(H2,18,19,21). The number of thiocarbonyl (C=S) groups is 1. The van der Waals surface area contributed by atoms with Crippen LogP contribution in [0.15, 0.2) is 48.5 Å². The van der Waals surface area contributed by atoms with E-state index in [1.54, 1.807) is 7.11 Å². The Balaban J connectivity index is 2.04. The second kappa shape index (κ2) is 7.09. The van der Waals surface area contributed by atoms with E-state index in [0.717, 1.165) is 22.6 Å². The van der Waals surface area contributed by atoms with Crippen molar-refractivity contribution in [3.05, 3.63) is 59.7 Å². The van der Waals surface area contributed by atoms with E-state index in [1.807, 2.05) is 42.5 Å². The first-order chi connectivity index (χ1) is 10.1. The summed E-state index contributed by atoms with van der Waals surface area (Å²) in [5.41, 5.74) is 3.25. The van der Waals surface area contributed by atoms with Crippen molar-refractivity contribution in [3.63, 3.8) is 0 Å².